The summed E-state index contributed by atoms with van der Waals surface area (Å²) in [5, 5.41) is 15.3. The average molecular weight is 298 g/mol. The quantitative estimate of drug-likeness (QED) is 0.454. The number of nitrogens with one attached hydrogen (secondary N) is 1. The van der Waals surface area contributed by atoms with Gasteiger partial charge in [-0.25, -0.2) is 0 Å². The standard InChI is InChI=1S/C3H2N3O2.Re/c7-6(8)3-1-4-5-2-3;/h1H,(H,4,5);/q-1;. The van der Waals surface area contributed by atoms with E-state index in [-0.39, 0.29) is 26.1 Å². The van der Waals surface area contributed by atoms with Crippen molar-refractivity contribution >= 4 is 5.69 Å². The molecule has 0 unspecified atom stereocenters. The van der Waals surface area contributed by atoms with Crippen LogP contribution in [-0.2, 0) is 20.4 Å². The van der Waals surface area contributed by atoms with E-state index in [1.54, 1.807) is 0 Å². The zero-order valence-corrected chi connectivity index (χ0v) is 6.88. The first-order chi connectivity index (χ1) is 3.80. The van der Waals surface area contributed by atoms with Gasteiger partial charge in [0.05, 0.1) is 0 Å². The van der Waals surface area contributed by atoms with E-state index in [4.69, 9.17) is 0 Å². The third kappa shape index (κ3) is 1.92. The summed E-state index contributed by atoms with van der Waals surface area (Å²) in [4.78, 5) is 9.21. The molecule has 0 aromatic carbocycles. The van der Waals surface area contributed by atoms with Gasteiger partial charge < -0.3 is 10.2 Å². The zero-order valence-electron chi connectivity index (χ0n) is 4.17. The van der Waals surface area contributed by atoms with Crippen molar-refractivity contribution in [1.82, 2.24) is 10.2 Å². The first-order valence-corrected chi connectivity index (χ1v) is 1.86. The van der Waals surface area contributed by atoms with Gasteiger partial charge in [-0.15, -0.1) is 0 Å². The summed E-state index contributed by atoms with van der Waals surface area (Å²) < 4.78 is 0. The minimum atomic E-state index is -0.566. The number of hydrogen-bond acceptors (Lipinski definition) is 3. The maximum Gasteiger partial charge on any atom is 0.145 e. The van der Waals surface area contributed by atoms with Crippen molar-refractivity contribution in [3.05, 3.63) is 22.5 Å². The number of aromatic nitrogens is 2. The molecule has 0 amide bonds. The van der Waals surface area contributed by atoms with E-state index in [1.165, 1.54) is 6.20 Å². The summed E-state index contributed by atoms with van der Waals surface area (Å²) in [6.45, 7) is 0. The third-order valence-electron chi connectivity index (χ3n) is 0.633. The second kappa shape index (κ2) is 3.33. The Balaban J connectivity index is 0.000000640. The first-order valence-electron chi connectivity index (χ1n) is 1.86. The van der Waals surface area contributed by atoms with Crippen LogP contribution in [0.5, 0.6) is 0 Å². The second-order valence-corrected chi connectivity index (χ2v) is 1.14. The fraction of sp³-hybridized carbons (Fsp3) is 0. The summed E-state index contributed by atoms with van der Waals surface area (Å²) in [6, 6.07) is 0. The minimum Gasteiger partial charge on any atom is -0.376 e. The van der Waals surface area contributed by atoms with Gasteiger partial charge in [0.15, 0.2) is 0 Å². The zero-order chi connectivity index (χ0) is 5.98. The molecule has 0 bridgehead atoms. The average Bonchev–Trinajstić information content (AvgIpc) is 2.12. The smallest absolute Gasteiger partial charge is 0.145 e. The van der Waals surface area contributed by atoms with Crippen LogP contribution in [0.1, 0.15) is 0 Å². The van der Waals surface area contributed by atoms with E-state index >= 15 is 0 Å². The normalized spacial score (nSPS) is 8.00. The van der Waals surface area contributed by atoms with Gasteiger partial charge in [0.1, 0.15) is 5.69 Å². The van der Waals surface area contributed by atoms with E-state index in [9.17, 15) is 10.1 Å². The molecule has 1 N–H and O–H groups in total. The Morgan fingerprint density at radius 1 is 1.89 bits per heavy atom. The Kier molecular flexibility index (Phi) is 3.06. The Bertz CT molecular complexity index is 185. The van der Waals surface area contributed by atoms with Crippen LogP contribution in [0.2, 0.25) is 0 Å². The van der Waals surface area contributed by atoms with Gasteiger partial charge in [0, 0.05) is 25.3 Å². The largest absolute Gasteiger partial charge is 0.376 e. The summed E-state index contributed by atoms with van der Waals surface area (Å²) in [5.74, 6) is 0. The number of nitro groups is 1. The molecule has 1 aromatic heterocycles. The van der Waals surface area contributed by atoms with E-state index in [2.05, 4.69) is 16.4 Å². The molecule has 0 aliphatic carbocycles. The molecule has 0 aliphatic heterocycles. The van der Waals surface area contributed by atoms with E-state index < -0.39 is 4.92 Å². The van der Waals surface area contributed by atoms with Gasteiger partial charge in [0.25, 0.3) is 0 Å². The van der Waals surface area contributed by atoms with Crippen LogP contribution in [0, 0.1) is 16.3 Å². The summed E-state index contributed by atoms with van der Waals surface area (Å²) >= 11 is 0. The molecule has 0 atom stereocenters. The monoisotopic (exact) mass is 299 g/mol. The Hall–Kier alpha value is -0.728. The number of nitrogens with zero attached hydrogens (tertiary/aromatic N) is 2. The van der Waals surface area contributed by atoms with E-state index in [0.717, 1.165) is 0 Å². The van der Waals surface area contributed by atoms with Crippen molar-refractivity contribution in [3.63, 3.8) is 0 Å². The van der Waals surface area contributed by atoms with Crippen LogP contribution >= 0.6 is 0 Å². The Morgan fingerprint density at radius 2 is 2.56 bits per heavy atom. The number of aromatic amines is 1. The molecule has 0 saturated carbocycles. The van der Waals surface area contributed by atoms with Crippen LogP contribution in [0.15, 0.2) is 6.20 Å². The van der Waals surface area contributed by atoms with Crippen molar-refractivity contribution in [2.75, 3.05) is 0 Å². The third-order valence-corrected chi connectivity index (χ3v) is 0.633. The van der Waals surface area contributed by atoms with Gasteiger partial charge in [-0.3, -0.25) is 10.1 Å². The Morgan fingerprint density at radius 3 is 2.78 bits per heavy atom. The fourth-order valence-electron chi connectivity index (χ4n) is 0.309. The summed E-state index contributed by atoms with van der Waals surface area (Å²) in [6.07, 6.45) is 3.30. The molecule has 5 nitrogen and oxygen atoms in total. The molecular weight excluding hydrogens is 296 g/mol. The van der Waals surface area contributed by atoms with Crippen molar-refractivity contribution < 1.29 is 25.3 Å². The molecule has 0 aliphatic rings. The van der Waals surface area contributed by atoms with Gasteiger partial charge in [-0.05, 0) is 6.20 Å². The maximum atomic E-state index is 9.78. The van der Waals surface area contributed by atoms with Crippen LogP contribution < -0.4 is 0 Å². The van der Waals surface area contributed by atoms with Crippen molar-refractivity contribution in [2.24, 2.45) is 0 Å². The van der Waals surface area contributed by atoms with Gasteiger partial charge in [-0.1, -0.05) is 6.20 Å². The van der Waals surface area contributed by atoms with E-state index in [1.807, 2.05) is 0 Å². The Labute approximate surface area is 64.3 Å². The number of rotatable bonds is 1. The molecule has 0 fully saturated rings. The fourth-order valence-corrected chi connectivity index (χ4v) is 0.309. The van der Waals surface area contributed by atoms with Crippen LogP contribution in [0.3, 0.4) is 0 Å². The molecular formula is C3H2N3O2Re-. The van der Waals surface area contributed by atoms with Crippen molar-refractivity contribution in [2.45, 2.75) is 0 Å². The maximum absolute atomic E-state index is 9.78. The number of hydrogen-bond donors (Lipinski definition) is 1. The molecule has 1 heterocycles. The molecule has 1 rings (SSSR count). The van der Waals surface area contributed by atoms with Gasteiger partial charge in [0.2, 0.25) is 0 Å². The van der Waals surface area contributed by atoms with Crippen molar-refractivity contribution in [1.29, 1.82) is 0 Å². The van der Waals surface area contributed by atoms with Crippen LogP contribution in [0.25, 0.3) is 0 Å². The molecule has 1 aromatic rings. The SMILES string of the molecule is O=[N+]([O-])c1[c-]n[nH]c1.[Re]. The van der Waals surface area contributed by atoms with Crippen LogP contribution in [0.4, 0.5) is 5.69 Å². The van der Waals surface area contributed by atoms with Crippen molar-refractivity contribution in [3.8, 4) is 0 Å². The van der Waals surface area contributed by atoms with E-state index in [0.29, 0.717) is 0 Å². The van der Waals surface area contributed by atoms with Gasteiger partial charge >= 0.3 is 0 Å². The van der Waals surface area contributed by atoms with Gasteiger partial charge in [-0.2, -0.15) is 0 Å². The summed E-state index contributed by atoms with van der Waals surface area (Å²) in [7, 11) is 0. The van der Waals surface area contributed by atoms with Crippen LogP contribution in [-0.4, -0.2) is 15.1 Å². The molecule has 9 heavy (non-hydrogen) atoms. The second-order valence-electron chi connectivity index (χ2n) is 1.14. The molecule has 6 heteroatoms. The summed E-state index contributed by atoms with van der Waals surface area (Å²) in [5.41, 5.74) is -0.134. The topological polar surface area (TPSA) is 71.8 Å². The minimum absolute atomic E-state index is 0. The number of H-pyrrole nitrogens is 1. The molecule has 1 radical (unpaired) electrons. The molecule has 0 saturated heterocycles. The predicted octanol–water partition coefficient (Wildman–Crippen LogP) is 0.116. The molecule has 49 valence electrons. The molecule has 0 spiro atoms. The predicted molar refractivity (Wildman–Crippen MR) is 24.1 cm³/mol. The first kappa shape index (κ1) is 8.27.